The molecule has 294 valence electrons. The minimum atomic E-state index is -1.30. The van der Waals surface area contributed by atoms with Crippen molar-refractivity contribution in [3.8, 4) is 5.75 Å². The zero-order valence-electron chi connectivity index (χ0n) is 30.1. The third-order valence-electron chi connectivity index (χ3n) is 8.79. The SMILES string of the molecule is CC(C)[C@H](NC(=O)[C@@H]1CCCN1C(=O)CNC(=O)[C@@H](N)CS)C(=O)N[C@@H](Cc1ccc(O)cc1)C(=O)N[C@@H](CS)C(=O)N[C@@H](Cc1ccccc1)C(=O)O. The third kappa shape index (κ3) is 12.9. The first kappa shape index (κ1) is 43.6. The number of aliphatic carboxylic acids is 1. The molecule has 1 fully saturated rings. The lowest BCUT2D eigenvalue weighted by molar-refractivity contribution is -0.142. The molecule has 9 N–H and O–H groups in total. The number of carboxylic acid groups (broad SMARTS) is 1. The van der Waals surface area contributed by atoms with E-state index in [0.29, 0.717) is 24.0 Å². The van der Waals surface area contributed by atoms with Gasteiger partial charge in [0, 0.05) is 30.9 Å². The van der Waals surface area contributed by atoms with E-state index in [2.05, 4.69) is 51.8 Å². The lowest BCUT2D eigenvalue weighted by atomic mass is 10.00. The number of carbonyl (C=O) groups excluding carboxylic acids is 6. The third-order valence-corrected chi connectivity index (χ3v) is 9.55. The maximum absolute atomic E-state index is 13.8. The van der Waals surface area contributed by atoms with Gasteiger partial charge in [-0.15, -0.1) is 0 Å². The summed E-state index contributed by atoms with van der Waals surface area (Å²) in [5.41, 5.74) is 6.86. The first-order chi connectivity index (χ1) is 25.6. The molecule has 54 heavy (non-hydrogen) atoms. The maximum Gasteiger partial charge on any atom is 0.326 e. The Labute approximate surface area is 324 Å². The Kier molecular flexibility index (Phi) is 17.1. The van der Waals surface area contributed by atoms with E-state index >= 15 is 0 Å². The van der Waals surface area contributed by atoms with Crippen LogP contribution in [0.1, 0.15) is 37.8 Å². The molecule has 0 aromatic heterocycles. The number of nitrogens with one attached hydrogen (secondary N) is 5. The molecule has 0 spiro atoms. The molecule has 18 heteroatoms. The van der Waals surface area contributed by atoms with Gasteiger partial charge >= 0.3 is 5.97 Å². The Morgan fingerprint density at radius 2 is 1.35 bits per heavy atom. The fraction of sp³-hybridized carbons (Fsp3) is 0.472. The normalized spacial score (nSPS) is 16.6. The molecule has 16 nitrogen and oxygen atoms in total. The smallest absolute Gasteiger partial charge is 0.326 e. The van der Waals surface area contributed by atoms with Gasteiger partial charge in [-0.2, -0.15) is 25.3 Å². The van der Waals surface area contributed by atoms with Crippen LogP contribution in [0.25, 0.3) is 0 Å². The fourth-order valence-corrected chi connectivity index (χ4v) is 6.15. The number of hydrogen-bond acceptors (Lipinski definition) is 11. The molecular formula is C36H49N7O9S2. The van der Waals surface area contributed by atoms with Crippen LogP contribution in [0.4, 0.5) is 0 Å². The summed E-state index contributed by atoms with van der Waals surface area (Å²) in [6, 6.07) is 7.73. The van der Waals surface area contributed by atoms with E-state index in [1.165, 1.54) is 17.0 Å². The van der Waals surface area contributed by atoms with Crippen molar-refractivity contribution in [2.75, 3.05) is 24.6 Å². The van der Waals surface area contributed by atoms with Crippen molar-refractivity contribution in [3.05, 3.63) is 65.7 Å². The van der Waals surface area contributed by atoms with Crippen molar-refractivity contribution >= 4 is 66.7 Å². The number of hydrogen-bond donors (Lipinski definition) is 10. The first-order valence-corrected chi connectivity index (χ1v) is 18.7. The number of likely N-dealkylation sites (tertiary alicyclic amines) is 1. The van der Waals surface area contributed by atoms with Gasteiger partial charge < -0.3 is 47.4 Å². The Balaban J connectivity index is 1.75. The highest BCUT2D eigenvalue weighted by atomic mass is 32.1. The summed E-state index contributed by atoms with van der Waals surface area (Å²) in [5.74, 6) is -5.87. The van der Waals surface area contributed by atoms with Crippen LogP contribution < -0.4 is 32.3 Å². The van der Waals surface area contributed by atoms with Crippen LogP contribution >= 0.6 is 25.3 Å². The zero-order chi connectivity index (χ0) is 39.9. The van der Waals surface area contributed by atoms with Crippen LogP contribution in [-0.4, -0.2) is 117 Å². The standard InChI is InChI=1S/C36H49N7O9S2/c1-20(2)30(42-34(49)28-9-6-14-43(28)29(45)17-38-31(46)24(37)18-53)35(50)39-25(15-22-10-12-23(44)13-11-22)32(47)41-27(19-54)33(48)40-26(36(51)52)16-21-7-4-3-5-8-21/h3-5,7-8,10-13,20,24-28,30,44,53-54H,6,9,14-19,37H2,1-2H3,(H,38,46)(H,39,50)(H,40,48)(H,41,47)(H,42,49)(H,51,52)/t24-,25-,26-,27-,28-,30-/m0/s1. The minimum absolute atomic E-state index is 0.00848. The fourth-order valence-electron chi connectivity index (χ4n) is 5.73. The second-order valence-electron chi connectivity index (χ2n) is 13.2. The molecule has 6 amide bonds. The number of thiol groups is 2. The number of carbonyl (C=O) groups is 7. The summed E-state index contributed by atoms with van der Waals surface area (Å²) in [6.45, 7) is 3.26. The Hall–Kier alpha value is -4.81. The number of amides is 6. The molecule has 6 atom stereocenters. The topological polar surface area (TPSA) is 249 Å². The zero-order valence-corrected chi connectivity index (χ0v) is 31.9. The van der Waals surface area contributed by atoms with Crippen LogP contribution in [0.3, 0.4) is 0 Å². The van der Waals surface area contributed by atoms with Crippen LogP contribution in [0.15, 0.2) is 54.6 Å². The molecule has 0 aliphatic carbocycles. The molecule has 2 aromatic carbocycles. The quantitative estimate of drug-likeness (QED) is 0.0791. The number of carboxylic acids is 1. The van der Waals surface area contributed by atoms with Gasteiger partial charge in [-0.3, -0.25) is 28.8 Å². The number of nitrogens with two attached hydrogens (primary N) is 1. The van der Waals surface area contributed by atoms with Gasteiger partial charge in [0.25, 0.3) is 0 Å². The van der Waals surface area contributed by atoms with E-state index in [0.717, 1.165) is 0 Å². The number of phenolic OH excluding ortho intramolecular Hbond substituents is 1. The molecule has 0 saturated carbocycles. The monoisotopic (exact) mass is 787 g/mol. The molecular weight excluding hydrogens is 739 g/mol. The Morgan fingerprint density at radius 3 is 1.94 bits per heavy atom. The number of nitrogens with zero attached hydrogens (tertiary/aromatic N) is 1. The molecule has 0 bridgehead atoms. The van der Waals surface area contributed by atoms with Crippen molar-refractivity contribution in [1.29, 1.82) is 0 Å². The van der Waals surface area contributed by atoms with E-state index in [4.69, 9.17) is 5.73 Å². The van der Waals surface area contributed by atoms with E-state index in [1.54, 1.807) is 56.3 Å². The van der Waals surface area contributed by atoms with Gasteiger partial charge in [-0.25, -0.2) is 4.79 Å². The predicted octanol–water partition coefficient (Wildman–Crippen LogP) is -0.849. The van der Waals surface area contributed by atoms with Crippen LogP contribution in [0.5, 0.6) is 5.75 Å². The highest BCUT2D eigenvalue weighted by Crippen LogP contribution is 2.19. The molecule has 0 unspecified atom stereocenters. The average molecular weight is 788 g/mol. The molecule has 0 radical (unpaired) electrons. The van der Waals surface area contributed by atoms with Crippen LogP contribution in [0, 0.1) is 5.92 Å². The Bertz CT molecular complexity index is 1630. The van der Waals surface area contributed by atoms with Gasteiger partial charge in [-0.05, 0) is 42.0 Å². The number of benzene rings is 2. The van der Waals surface area contributed by atoms with E-state index < -0.39 is 83.6 Å². The lowest BCUT2D eigenvalue weighted by Gasteiger charge is -2.29. The predicted molar refractivity (Wildman–Crippen MR) is 206 cm³/mol. The van der Waals surface area contributed by atoms with Gasteiger partial charge in [0.05, 0.1) is 12.6 Å². The van der Waals surface area contributed by atoms with E-state index in [1.807, 2.05) is 0 Å². The summed E-state index contributed by atoms with van der Waals surface area (Å²) >= 11 is 8.18. The van der Waals surface area contributed by atoms with Gasteiger partial charge in [0.15, 0.2) is 0 Å². The van der Waals surface area contributed by atoms with Crippen molar-refractivity contribution in [3.63, 3.8) is 0 Å². The average Bonchev–Trinajstić information content (AvgIpc) is 3.65. The Morgan fingerprint density at radius 1 is 0.778 bits per heavy atom. The molecule has 1 heterocycles. The summed E-state index contributed by atoms with van der Waals surface area (Å²) in [6.07, 6.45) is 0.740. The van der Waals surface area contributed by atoms with E-state index in [-0.39, 0.29) is 43.2 Å². The second-order valence-corrected chi connectivity index (χ2v) is 14.0. The van der Waals surface area contributed by atoms with Crippen molar-refractivity contribution < 1.29 is 43.8 Å². The van der Waals surface area contributed by atoms with Crippen LogP contribution in [0.2, 0.25) is 0 Å². The molecule has 1 saturated heterocycles. The number of phenols is 1. The molecule has 2 aromatic rings. The van der Waals surface area contributed by atoms with E-state index in [9.17, 15) is 43.8 Å². The number of rotatable bonds is 19. The van der Waals surface area contributed by atoms with Crippen molar-refractivity contribution in [2.45, 2.75) is 75.8 Å². The van der Waals surface area contributed by atoms with Crippen molar-refractivity contribution in [2.24, 2.45) is 11.7 Å². The maximum atomic E-state index is 13.8. The summed E-state index contributed by atoms with van der Waals surface area (Å²) in [4.78, 5) is 92.6. The molecule has 1 aliphatic rings. The first-order valence-electron chi connectivity index (χ1n) is 17.5. The van der Waals surface area contributed by atoms with Crippen LogP contribution in [-0.2, 0) is 46.4 Å². The minimum Gasteiger partial charge on any atom is -0.508 e. The summed E-state index contributed by atoms with van der Waals surface area (Å²) in [5, 5.41) is 32.4. The largest absolute Gasteiger partial charge is 0.508 e. The highest BCUT2D eigenvalue weighted by molar-refractivity contribution is 7.80. The second kappa shape index (κ2) is 21.2. The summed E-state index contributed by atoms with van der Waals surface area (Å²) < 4.78 is 0. The molecule has 3 rings (SSSR count). The lowest BCUT2D eigenvalue weighted by Crippen LogP contribution is -2.60. The van der Waals surface area contributed by atoms with Gasteiger partial charge in [-0.1, -0.05) is 56.3 Å². The number of aromatic hydroxyl groups is 1. The summed E-state index contributed by atoms with van der Waals surface area (Å²) in [7, 11) is 0. The highest BCUT2D eigenvalue weighted by Gasteiger charge is 2.38. The molecule has 1 aliphatic heterocycles. The van der Waals surface area contributed by atoms with Gasteiger partial charge in [0.1, 0.15) is 36.0 Å². The van der Waals surface area contributed by atoms with Gasteiger partial charge in [0.2, 0.25) is 35.4 Å². The van der Waals surface area contributed by atoms with Crippen molar-refractivity contribution in [1.82, 2.24) is 31.5 Å².